The molecule has 2 unspecified atom stereocenters. The smallest absolute Gasteiger partial charge is 0.170 e. The fraction of sp³-hybridized carbons (Fsp3) is 1.00. The molecular formula is C13H18F6. The molecular weight excluding hydrogens is 270 g/mol. The summed E-state index contributed by atoms with van der Waals surface area (Å²) in [5, 5.41) is 0. The summed E-state index contributed by atoms with van der Waals surface area (Å²) in [4.78, 5) is 0. The monoisotopic (exact) mass is 288 g/mol. The first kappa shape index (κ1) is 15.0. The minimum Gasteiger partial charge on any atom is -0.170 e. The van der Waals surface area contributed by atoms with Crippen molar-refractivity contribution in [3.63, 3.8) is 0 Å². The molecule has 0 aliphatic heterocycles. The number of alkyl halides is 6. The largest absolute Gasteiger partial charge is 0.403 e. The van der Waals surface area contributed by atoms with Crippen molar-refractivity contribution >= 4 is 0 Å². The molecule has 2 fully saturated rings. The highest BCUT2D eigenvalue weighted by Gasteiger charge is 2.71. The van der Waals surface area contributed by atoms with E-state index in [1.807, 2.05) is 6.92 Å². The summed E-state index contributed by atoms with van der Waals surface area (Å²) in [7, 11) is 0. The highest BCUT2D eigenvalue weighted by Crippen LogP contribution is 2.62. The Kier molecular flexibility index (Phi) is 3.59. The van der Waals surface area contributed by atoms with Crippen molar-refractivity contribution in [2.24, 2.45) is 23.2 Å². The van der Waals surface area contributed by atoms with Gasteiger partial charge in [-0.05, 0) is 49.9 Å². The van der Waals surface area contributed by atoms with E-state index in [0.717, 1.165) is 12.8 Å². The third-order valence-corrected chi connectivity index (χ3v) is 5.04. The Labute approximate surface area is 108 Å². The van der Waals surface area contributed by atoms with Crippen LogP contribution in [0, 0.1) is 23.2 Å². The van der Waals surface area contributed by atoms with Gasteiger partial charge in [0.15, 0.2) is 5.41 Å². The van der Waals surface area contributed by atoms with Crippen LogP contribution in [0.4, 0.5) is 26.3 Å². The van der Waals surface area contributed by atoms with Gasteiger partial charge in [0, 0.05) is 0 Å². The first-order chi connectivity index (χ1) is 8.57. The summed E-state index contributed by atoms with van der Waals surface area (Å²) in [5.41, 5.74) is -3.47. The maximum atomic E-state index is 13.0. The second-order valence-corrected chi connectivity index (χ2v) is 6.26. The van der Waals surface area contributed by atoms with Gasteiger partial charge in [-0.1, -0.05) is 13.3 Å². The Bertz CT molecular complexity index is 315. The third-order valence-electron chi connectivity index (χ3n) is 5.04. The van der Waals surface area contributed by atoms with E-state index in [9.17, 15) is 26.3 Å². The van der Waals surface area contributed by atoms with Crippen molar-refractivity contribution in [3.8, 4) is 0 Å². The van der Waals surface area contributed by atoms with Crippen molar-refractivity contribution in [2.75, 3.05) is 0 Å². The summed E-state index contributed by atoms with van der Waals surface area (Å²) in [6.45, 7) is 2.02. The average molecular weight is 288 g/mol. The van der Waals surface area contributed by atoms with E-state index in [4.69, 9.17) is 0 Å². The van der Waals surface area contributed by atoms with Gasteiger partial charge < -0.3 is 0 Å². The normalized spacial score (nSPS) is 35.8. The lowest BCUT2D eigenvalue weighted by atomic mass is 9.59. The van der Waals surface area contributed by atoms with Gasteiger partial charge in [-0.2, -0.15) is 26.3 Å². The van der Waals surface area contributed by atoms with Crippen LogP contribution in [0.5, 0.6) is 0 Å². The van der Waals surface area contributed by atoms with Crippen LogP contribution in [0.1, 0.15) is 45.4 Å². The second kappa shape index (κ2) is 4.55. The maximum Gasteiger partial charge on any atom is 0.403 e. The summed E-state index contributed by atoms with van der Waals surface area (Å²) in [6.07, 6.45) is -9.89. The number of fused-ring (bicyclic) bond motifs is 1. The van der Waals surface area contributed by atoms with Gasteiger partial charge in [-0.15, -0.1) is 0 Å². The van der Waals surface area contributed by atoms with E-state index in [2.05, 4.69) is 0 Å². The van der Waals surface area contributed by atoms with Crippen LogP contribution in [0.15, 0.2) is 0 Å². The molecule has 0 saturated heterocycles. The first-order valence-corrected chi connectivity index (χ1v) is 6.70. The van der Waals surface area contributed by atoms with Crippen molar-refractivity contribution in [1.29, 1.82) is 0 Å². The van der Waals surface area contributed by atoms with Crippen molar-refractivity contribution in [1.82, 2.24) is 0 Å². The number of hydrogen-bond acceptors (Lipinski definition) is 0. The van der Waals surface area contributed by atoms with E-state index in [-0.39, 0.29) is 12.3 Å². The molecule has 0 aromatic carbocycles. The Morgan fingerprint density at radius 3 is 1.95 bits per heavy atom. The molecule has 19 heavy (non-hydrogen) atoms. The summed E-state index contributed by atoms with van der Waals surface area (Å²) in [5.74, 6) is 0.0419. The molecule has 0 nitrogen and oxygen atoms in total. The number of halogens is 6. The molecule has 3 atom stereocenters. The van der Waals surface area contributed by atoms with Gasteiger partial charge in [-0.25, -0.2) is 0 Å². The second-order valence-electron chi connectivity index (χ2n) is 6.26. The molecule has 2 aliphatic carbocycles. The van der Waals surface area contributed by atoms with Crippen molar-refractivity contribution < 1.29 is 26.3 Å². The standard InChI is InChI=1S/C13H18F6/c1-8-2-3-10-7-11(12(14,15)16,13(17,18)19)5-4-9(10)6-8/h8-10H,2-7H2,1H3/t8-,9?,10?/m0/s1. The van der Waals surface area contributed by atoms with Crippen LogP contribution in [-0.2, 0) is 0 Å². The van der Waals surface area contributed by atoms with Gasteiger partial charge in [0.05, 0.1) is 0 Å². The zero-order valence-corrected chi connectivity index (χ0v) is 10.7. The Morgan fingerprint density at radius 1 is 0.842 bits per heavy atom. The van der Waals surface area contributed by atoms with Crippen LogP contribution < -0.4 is 0 Å². The lowest BCUT2D eigenvalue weighted by Crippen LogP contribution is -2.54. The van der Waals surface area contributed by atoms with Crippen molar-refractivity contribution in [2.45, 2.75) is 57.8 Å². The zero-order chi connectivity index (χ0) is 14.5. The molecule has 6 heteroatoms. The van der Waals surface area contributed by atoms with Gasteiger partial charge >= 0.3 is 12.4 Å². The lowest BCUT2D eigenvalue weighted by molar-refractivity contribution is -0.356. The van der Waals surface area contributed by atoms with Gasteiger partial charge in [0.1, 0.15) is 0 Å². The van der Waals surface area contributed by atoms with Gasteiger partial charge in [-0.3, -0.25) is 0 Å². The molecule has 112 valence electrons. The Balaban J connectivity index is 2.25. The molecule has 0 bridgehead atoms. The topological polar surface area (TPSA) is 0 Å². The number of hydrogen-bond donors (Lipinski definition) is 0. The Morgan fingerprint density at radius 2 is 1.42 bits per heavy atom. The predicted molar refractivity (Wildman–Crippen MR) is 58.4 cm³/mol. The van der Waals surface area contributed by atoms with Crippen LogP contribution in [0.2, 0.25) is 0 Å². The fourth-order valence-corrected chi connectivity index (χ4v) is 3.84. The third kappa shape index (κ3) is 2.47. The van der Waals surface area contributed by atoms with Crippen LogP contribution in [-0.4, -0.2) is 12.4 Å². The van der Waals surface area contributed by atoms with Crippen molar-refractivity contribution in [3.05, 3.63) is 0 Å². The molecule has 0 aromatic rings. The highest BCUT2D eigenvalue weighted by atomic mass is 19.4. The Hall–Kier alpha value is -0.420. The van der Waals surface area contributed by atoms with Gasteiger partial charge in [0.25, 0.3) is 0 Å². The zero-order valence-electron chi connectivity index (χ0n) is 10.7. The molecule has 0 aromatic heterocycles. The minimum absolute atomic E-state index is 0.0431. The molecule has 2 aliphatic rings. The quantitative estimate of drug-likeness (QED) is 0.528. The molecule has 0 heterocycles. The van der Waals surface area contributed by atoms with E-state index >= 15 is 0 Å². The summed E-state index contributed by atoms with van der Waals surface area (Å²) >= 11 is 0. The molecule has 0 N–H and O–H groups in total. The van der Waals surface area contributed by atoms with E-state index in [1.54, 1.807) is 0 Å². The SMILES string of the molecule is C[C@H]1CCC2CC(C(F)(F)F)(C(F)(F)F)CCC2C1. The van der Waals surface area contributed by atoms with E-state index < -0.39 is 36.5 Å². The minimum atomic E-state index is -5.20. The molecule has 0 radical (unpaired) electrons. The first-order valence-electron chi connectivity index (χ1n) is 6.70. The molecule has 2 rings (SSSR count). The van der Waals surface area contributed by atoms with Crippen LogP contribution >= 0.6 is 0 Å². The van der Waals surface area contributed by atoms with Crippen LogP contribution in [0.3, 0.4) is 0 Å². The maximum absolute atomic E-state index is 13.0. The van der Waals surface area contributed by atoms with Crippen LogP contribution in [0.25, 0.3) is 0 Å². The van der Waals surface area contributed by atoms with Gasteiger partial charge in [0.2, 0.25) is 0 Å². The van der Waals surface area contributed by atoms with E-state index in [0.29, 0.717) is 12.3 Å². The molecule has 2 saturated carbocycles. The highest BCUT2D eigenvalue weighted by molar-refractivity contribution is 5.00. The summed E-state index contributed by atoms with van der Waals surface area (Å²) < 4.78 is 78.0. The number of rotatable bonds is 0. The molecule has 0 spiro atoms. The van der Waals surface area contributed by atoms with E-state index in [1.165, 1.54) is 0 Å². The lowest BCUT2D eigenvalue weighted by Gasteiger charge is -2.48. The predicted octanol–water partition coefficient (Wildman–Crippen LogP) is 5.33. The average Bonchev–Trinajstić information content (AvgIpc) is 2.25. The summed E-state index contributed by atoms with van der Waals surface area (Å²) in [6, 6.07) is 0. The molecule has 0 amide bonds. The fourth-order valence-electron chi connectivity index (χ4n) is 3.84.